The van der Waals surface area contributed by atoms with Crippen molar-refractivity contribution in [3.8, 4) is 0 Å². The number of nitrogens with one attached hydrogen (secondary N) is 1. The van der Waals surface area contributed by atoms with E-state index in [1.165, 1.54) is 23.5 Å². The van der Waals surface area contributed by atoms with E-state index in [1.807, 2.05) is 24.3 Å². The molecule has 0 bridgehead atoms. The van der Waals surface area contributed by atoms with E-state index in [2.05, 4.69) is 26.2 Å². The molecule has 0 saturated carbocycles. The molecule has 0 unspecified atom stereocenters. The Bertz CT molecular complexity index is 726. The molecule has 0 aliphatic carbocycles. The highest BCUT2D eigenvalue weighted by Gasteiger charge is 2.05. The number of hydrogen-bond donors (Lipinski definition) is 1. The molecule has 2 nitrogen and oxygen atoms in total. The molecule has 0 saturated heterocycles. The van der Waals surface area contributed by atoms with Crippen LogP contribution in [-0.4, -0.2) is 4.98 Å². The zero-order chi connectivity index (χ0) is 13.2. The Kier molecular flexibility index (Phi) is 3.48. The first-order valence-corrected chi connectivity index (χ1v) is 7.37. The van der Waals surface area contributed by atoms with Crippen molar-refractivity contribution in [3.05, 3.63) is 58.3 Å². The summed E-state index contributed by atoms with van der Waals surface area (Å²) >= 11 is 5.03. The van der Waals surface area contributed by atoms with Crippen LogP contribution < -0.4 is 5.32 Å². The quantitative estimate of drug-likeness (QED) is 0.742. The average molecular weight is 337 g/mol. The van der Waals surface area contributed by atoms with Gasteiger partial charge in [-0.05, 0) is 23.8 Å². The molecule has 1 N–H and O–H groups in total. The summed E-state index contributed by atoms with van der Waals surface area (Å²) in [5, 5.41) is 4.07. The molecule has 0 amide bonds. The van der Waals surface area contributed by atoms with Crippen LogP contribution in [0.15, 0.2) is 46.9 Å². The van der Waals surface area contributed by atoms with Crippen molar-refractivity contribution in [3.63, 3.8) is 0 Å². The summed E-state index contributed by atoms with van der Waals surface area (Å²) in [4.78, 5) is 4.37. The first kappa shape index (κ1) is 12.6. The predicted molar refractivity (Wildman–Crippen MR) is 81.0 cm³/mol. The molecule has 0 aliphatic rings. The first-order valence-electron chi connectivity index (χ1n) is 5.76. The fraction of sp³-hybridized carbons (Fsp3) is 0.0714. The predicted octanol–water partition coefficient (Wildman–Crippen LogP) is 4.81. The lowest BCUT2D eigenvalue weighted by atomic mass is 10.2. The summed E-state index contributed by atoms with van der Waals surface area (Å²) in [5.41, 5.74) is 1.85. The van der Waals surface area contributed by atoms with Gasteiger partial charge in [0.05, 0.1) is 10.2 Å². The van der Waals surface area contributed by atoms with Crippen LogP contribution in [0.25, 0.3) is 10.2 Å². The Morgan fingerprint density at radius 3 is 2.89 bits per heavy atom. The number of anilines is 1. The van der Waals surface area contributed by atoms with Gasteiger partial charge < -0.3 is 5.32 Å². The van der Waals surface area contributed by atoms with Crippen LogP contribution >= 0.6 is 27.3 Å². The van der Waals surface area contributed by atoms with Gasteiger partial charge in [0.15, 0.2) is 5.13 Å². The first-order chi connectivity index (χ1) is 9.22. The molecule has 19 heavy (non-hydrogen) atoms. The third-order valence-corrected chi connectivity index (χ3v) is 4.51. The van der Waals surface area contributed by atoms with E-state index < -0.39 is 0 Å². The highest BCUT2D eigenvalue weighted by Crippen LogP contribution is 2.27. The summed E-state index contributed by atoms with van der Waals surface area (Å²) in [5.74, 6) is -0.254. The lowest BCUT2D eigenvalue weighted by Gasteiger charge is -2.04. The van der Waals surface area contributed by atoms with Crippen molar-refractivity contribution in [2.75, 3.05) is 5.32 Å². The average Bonchev–Trinajstić information content (AvgIpc) is 2.79. The Morgan fingerprint density at radius 2 is 2.05 bits per heavy atom. The number of thiazole rings is 1. The minimum absolute atomic E-state index is 0.254. The number of halogens is 2. The van der Waals surface area contributed by atoms with Crippen LogP contribution in [0.4, 0.5) is 9.52 Å². The molecular formula is C14H10BrFN2S. The van der Waals surface area contributed by atoms with Gasteiger partial charge in [-0.15, -0.1) is 0 Å². The lowest BCUT2D eigenvalue weighted by Crippen LogP contribution is -1.99. The molecule has 0 aliphatic heterocycles. The minimum Gasteiger partial charge on any atom is -0.357 e. The van der Waals surface area contributed by atoms with E-state index in [9.17, 15) is 4.39 Å². The van der Waals surface area contributed by atoms with Crippen LogP contribution in [0, 0.1) is 5.82 Å². The zero-order valence-corrected chi connectivity index (χ0v) is 12.3. The van der Waals surface area contributed by atoms with Crippen molar-refractivity contribution in [1.82, 2.24) is 4.98 Å². The minimum atomic E-state index is -0.254. The van der Waals surface area contributed by atoms with E-state index in [4.69, 9.17) is 0 Å². The van der Waals surface area contributed by atoms with Gasteiger partial charge >= 0.3 is 0 Å². The number of fused-ring (bicyclic) bond motifs is 1. The zero-order valence-electron chi connectivity index (χ0n) is 9.86. The van der Waals surface area contributed by atoms with Crippen LogP contribution in [-0.2, 0) is 6.54 Å². The van der Waals surface area contributed by atoms with Crippen LogP contribution in [0.1, 0.15) is 5.56 Å². The highest BCUT2D eigenvalue weighted by molar-refractivity contribution is 9.10. The molecule has 0 spiro atoms. The third kappa shape index (κ3) is 2.77. The van der Waals surface area contributed by atoms with Crippen molar-refractivity contribution < 1.29 is 4.39 Å². The maximum atomic E-state index is 13.1. The van der Waals surface area contributed by atoms with Gasteiger partial charge in [0.2, 0.25) is 0 Å². The molecule has 0 atom stereocenters. The molecule has 0 radical (unpaired) electrons. The van der Waals surface area contributed by atoms with E-state index in [0.717, 1.165) is 19.9 Å². The molecule has 3 aromatic rings. The fourth-order valence-corrected chi connectivity index (χ4v) is 3.06. The molecule has 1 aromatic heterocycles. The topological polar surface area (TPSA) is 24.9 Å². The lowest BCUT2D eigenvalue weighted by molar-refractivity contribution is 0.629. The van der Waals surface area contributed by atoms with Gasteiger partial charge in [-0.2, -0.15) is 0 Å². The van der Waals surface area contributed by atoms with Gasteiger partial charge in [-0.3, -0.25) is 0 Å². The largest absolute Gasteiger partial charge is 0.357 e. The number of benzene rings is 2. The van der Waals surface area contributed by atoms with E-state index in [0.29, 0.717) is 12.1 Å². The van der Waals surface area contributed by atoms with Crippen LogP contribution in [0.3, 0.4) is 0 Å². The van der Waals surface area contributed by atoms with Crippen LogP contribution in [0.2, 0.25) is 0 Å². The van der Waals surface area contributed by atoms with E-state index in [1.54, 1.807) is 6.07 Å². The van der Waals surface area contributed by atoms with Gasteiger partial charge in [0.1, 0.15) is 5.82 Å². The van der Waals surface area contributed by atoms with Gasteiger partial charge in [0.25, 0.3) is 0 Å². The second kappa shape index (κ2) is 5.27. The fourth-order valence-electron chi connectivity index (χ4n) is 1.79. The molecule has 2 aromatic carbocycles. The SMILES string of the molecule is Fc1ccc2sc(NCc3ccccc3Br)nc2c1. The Morgan fingerprint density at radius 1 is 1.21 bits per heavy atom. The second-order valence-corrected chi connectivity index (χ2v) is 5.96. The summed E-state index contributed by atoms with van der Waals surface area (Å²) in [6.45, 7) is 0.684. The van der Waals surface area contributed by atoms with E-state index in [-0.39, 0.29) is 5.82 Å². The van der Waals surface area contributed by atoms with Crippen molar-refractivity contribution in [1.29, 1.82) is 0 Å². The normalized spacial score (nSPS) is 10.8. The summed E-state index contributed by atoms with van der Waals surface area (Å²) in [7, 11) is 0. The standard InChI is InChI=1S/C14H10BrFN2S/c15-11-4-2-1-3-9(11)8-17-14-18-12-7-10(16)5-6-13(12)19-14/h1-7H,8H2,(H,17,18). The molecule has 1 heterocycles. The van der Waals surface area contributed by atoms with E-state index >= 15 is 0 Å². The number of hydrogen-bond acceptors (Lipinski definition) is 3. The maximum Gasteiger partial charge on any atom is 0.184 e. The maximum absolute atomic E-state index is 13.1. The van der Waals surface area contributed by atoms with Gasteiger partial charge in [-0.1, -0.05) is 45.5 Å². The van der Waals surface area contributed by atoms with Crippen molar-refractivity contribution in [2.45, 2.75) is 6.54 Å². The highest BCUT2D eigenvalue weighted by atomic mass is 79.9. The summed E-state index contributed by atoms with van der Waals surface area (Å²) in [6.07, 6.45) is 0. The molecule has 96 valence electrons. The summed E-state index contributed by atoms with van der Waals surface area (Å²) in [6, 6.07) is 12.7. The van der Waals surface area contributed by atoms with Crippen molar-refractivity contribution >= 4 is 42.6 Å². The molecule has 3 rings (SSSR count). The molecular weight excluding hydrogens is 327 g/mol. The van der Waals surface area contributed by atoms with Crippen LogP contribution in [0.5, 0.6) is 0 Å². The Balaban J connectivity index is 1.80. The third-order valence-electron chi connectivity index (χ3n) is 2.74. The Hall–Kier alpha value is -1.46. The summed E-state index contributed by atoms with van der Waals surface area (Å²) < 4.78 is 15.1. The Labute approximate surface area is 122 Å². The number of aromatic nitrogens is 1. The molecule has 5 heteroatoms. The second-order valence-electron chi connectivity index (χ2n) is 4.08. The monoisotopic (exact) mass is 336 g/mol. The smallest absolute Gasteiger partial charge is 0.184 e. The van der Waals surface area contributed by atoms with Gasteiger partial charge in [-0.25, -0.2) is 9.37 Å². The van der Waals surface area contributed by atoms with Crippen molar-refractivity contribution in [2.24, 2.45) is 0 Å². The number of rotatable bonds is 3. The van der Waals surface area contributed by atoms with Gasteiger partial charge in [0, 0.05) is 17.1 Å². The molecule has 0 fully saturated rings. The number of nitrogens with zero attached hydrogens (tertiary/aromatic N) is 1.